The number of rotatable bonds is 7. The molecule has 0 bridgehead atoms. The predicted octanol–water partition coefficient (Wildman–Crippen LogP) is 2.60. The van der Waals surface area contributed by atoms with E-state index >= 15 is 0 Å². The number of methoxy groups -OCH3 is 1. The number of alkyl carbamates (subject to hydrolysis) is 1. The minimum atomic E-state index is -0.501. The minimum absolute atomic E-state index is 0.192. The predicted molar refractivity (Wildman–Crippen MR) is 120 cm³/mol. The zero-order chi connectivity index (χ0) is 22.9. The topological polar surface area (TPSA) is 157 Å². The van der Waals surface area contributed by atoms with Crippen molar-refractivity contribution in [3.05, 3.63) is 30.0 Å². The quantitative estimate of drug-likeness (QED) is 0.391. The summed E-state index contributed by atoms with van der Waals surface area (Å²) in [5, 5.41) is 5.79. The number of aromatic amines is 1. The van der Waals surface area contributed by atoms with Crippen LogP contribution in [0.15, 0.2) is 18.5 Å². The van der Waals surface area contributed by atoms with Gasteiger partial charge in [-0.25, -0.2) is 29.7 Å². The number of aromatic nitrogens is 6. The number of amides is 1. The van der Waals surface area contributed by atoms with Crippen LogP contribution in [-0.2, 0) is 9.61 Å². The molecule has 3 aromatic rings. The third kappa shape index (κ3) is 4.57. The van der Waals surface area contributed by atoms with E-state index in [0.717, 1.165) is 12.8 Å². The summed E-state index contributed by atoms with van der Waals surface area (Å²) in [5.41, 5.74) is 8.88. The Hall–Kier alpha value is -3.47. The summed E-state index contributed by atoms with van der Waals surface area (Å²) in [7, 11) is 1.32. The van der Waals surface area contributed by atoms with Crippen LogP contribution in [0, 0.1) is 6.92 Å². The van der Waals surface area contributed by atoms with Gasteiger partial charge in [0.1, 0.15) is 27.9 Å². The standard InChI is InChI=1S/C20H24ClN9O2/c1-10(26-19(31)32-3)8-25-18-23-7-4-12(28-18)14-15(13-9-24-16(22)11(2)27-13)30-17(29-14)20(21)5-6-20/h4,7,9-10H,5-6,8H2,1-3H3,(H2,22,24)(H,26,31)(H,29,30)(H,23,25,28)/t10-/m0/s1. The highest BCUT2D eigenvalue weighted by Crippen LogP contribution is 2.51. The third-order valence-corrected chi connectivity index (χ3v) is 5.63. The van der Waals surface area contributed by atoms with Gasteiger partial charge in [0.2, 0.25) is 5.95 Å². The Kier molecular flexibility index (Phi) is 5.83. The smallest absolute Gasteiger partial charge is 0.407 e. The first-order chi connectivity index (χ1) is 15.3. The Balaban J connectivity index is 1.64. The lowest BCUT2D eigenvalue weighted by Crippen LogP contribution is -2.37. The van der Waals surface area contributed by atoms with E-state index in [0.29, 0.717) is 52.6 Å². The van der Waals surface area contributed by atoms with E-state index in [-0.39, 0.29) is 6.04 Å². The second-order valence-corrected chi connectivity index (χ2v) is 8.41. The maximum absolute atomic E-state index is 11.3. The molecule has 12 heteroatoms. The van der Waals surface area contributed by atoms with Crippen LogP contribution in [0.2, 0.25) is 0 Å². The highest BCUT2D eigenvalue weighted by atomic mass is 35.5. The number of nitrogen functional groups attached to an aromatic ring is 1. The summed E-state index contributed by atoms with van der Waals surface area (Å²) in [6, 6.07) is 1.58. The van der Waals surface area contributed by atoms with Crippen LogP contribution in [0.3, 0.4) is 0 Å². The van der Waals surface area contributed by atoms with Crippen molar-refractivity contribution >= 4 is 29.5 Å². The first-order valence-corrected chi connectivity index (χ1v) is 10.5. The van der Waals surface area contributed by atoms with Gasteiger partial charge in [-0.2, -0.15) is 0 Å². The zero-order valence-corrected chi connectivity index (χ0v) is 18.7. The fourth-order valence-electron chi connectivity index (χ4n) is 3.05. The Morgan fingerprint density at radius 3 is 2.78 bits per heavy atom. The maximum Gasteiger partial charge on any atom is 0.407 e. The van der Waals surface area contributed by atoms with Gasteiger partial charge < -0.3 is 26.1 Å². The molecule has 32 heavy (non-hydrogen) atoms. The van der Waals surface area contributed by atoms with Crippen LogP contribution in [0.5, 0.6) is 0 Å². The molecular weight excluding hydrogens is 434 g/mol. The molecule has 5 N–H and O–H groups in total. The number of hydrogen-bond donors (Lipinski definition) is 4. The van der Waals surface area contributed by atoms with E-state index in [1.807, 2.05) is 6.92 Å². The summed E-state index contributed by atoms with van der Waals surface area (Å²) in [6.45, 7) is 4.04. The number of nitrogens with zero attached hydrogens (tertiary/aromatic N) is 5. The van der Waals surface area contributed by atoms with Gasteiger partial charge in [-0.1, -0.05) is 0 Å². The van der Waals surface area contributed by atoms with E-state index in [9.17, 15) is 4.79 Å². The maximum atomic E-state index is 11.3. The van der Waals surface area contributed by atoms with Crippen LogP contribution in [0.25, 0.3) is 22.8 Å². The van der Waals surface area contributed by atoms with Crippen LogP contribution in [-0.4, -0.2) is 55.7 Å². The van der Waals surface area contributed by atoms with Crippen LogP contribution in [0.4, 0.5) is 16.6 Å². The summed E-state index contributed by atoms with van der Waals surface area (Å²) < 4.78 is 4.61. The number of H-pyrrole nitrogens is 1. The van der Waals surface area contributed by atoms with Crippen molar-refractivity contribution in [2.45, 2.75) is 37.6 Å². The molecule has 0 saturated heterocycles. The van der Waals surface area contributed by atoms with E-state index < -0.39 is 11.0 Å². The fourth-order valence-corrected chi connectivity index (χ4v) is 3.23. The SMILES string of the molecule is COC(=O)N[C@@H](C)CNc1nccc(-c2[nH]c(C3(Cl)CC3)nc2-c2cnc(N)c(C)n2)n1. The zero-order valence-electron chi connectivity index (χ0n) is 17.9. The van der Waals surface area contributed by atoms with Crippen molar-refractivity contribution in [1.29, 1.82) is 0 Å². The Bertz CT molecular complexity index is 1150. The monoisotopic (exact) mass is 457 g/mol. The van der Waals surface area contributed by atoms with Gasteiger partial charge in [-0.3, -0.25) is 0 Å². The van der Waals surface area contributed by atoms with Gasteiger partial charge >= 0.3 is 6.09 Å². The number of ether oxygens (including phenoxy) is 1. The third-order valence-electron chi connectivity index (χ3n) is 5.07. The van der Waals surface area contributed by atoms with Crippen molar-refractivity contribution in [3.8, 4) is 22.8 Å². The normalized spacial score (nSPS) is 15.1. The highest BCUT2D eigenvalue weighted by Gasteiger charge is 2.46. The number of halogens is 1. The molecule has 0 unspecified atom stereocenters. The first kappa shape index (κ1) is 21.8. The molecule has 0 aliphatic heterocycles. The lowest BCUT2D eigenvalue weighted by atomic mass is 10.2. The van der Waals surface area contributed by atoms with E-state index in [1.165, 1.54) is 7.11 Å². The number of hydrogen-bond acceptors (Lipinski definition) is 9. The number of anilines is 2. The van der Waals surface area contributed by atoms with E-state index in [2.05, 4.69) is 40.3 Å². The van der Waals surface area contributed by atoms with Crippen LogP contribution >= 0.6 is 11.6 Å². The molecule has 0 aromatic carbocycles. The number of alkyl halides is 1. The number of carbonyl (C=O) groups excluding carboxylic acids is 1. The Morgan fingerprint density at radius 2 is 2.09 bits per heavy atom. The van der Waals surface area contributed by atoms with Gasteiger partial charge in [0.25, 0.3) is 0 Å². The van der Waals surface area contributed by atoms with Gasteiger partial charge in [0, 0.05) is 18.8 Å². The molecule has 3 aromatic heterocycles. The molecule has 1 amide bonds. The molecule has 0 radical (unpaired) electrons. The molecule has 1 aliphatic rings. The van der Waals surface area contributed by atoms with E-state index in [1.54, 1.807) is 25.4 Å². The number of nitrogens with one attached hydrogen (secondary N) is 3. The molecule has 3 heterocycles. The summed E-state index contributed by atoms with van der Waals surface area (Å²) >= 11 is 6.62. The molecular formula is C20H24ClN9O2. The molecule has 1 fully saturated rings. The van der Waals surface area contributed by atoms with Crippen molar-refractivity contribution in [1.82, 2.24) is 35.2 Å². The largest absolute Gasteiger partial charge is 0.453 e. The van der Waals surface area contributed by atoms with Gasteiger partial charge in [0.15, 0.2) is 0 Å². The molecule has 1 atom stereocenters. The highest BCUT2D eigenvalue weighted by molar-refractivity contribution is 6.25. The van der Waals surface area contributed by atoms with Crippen molar-refractivity contribution < 1.29 is 9.53 Å². The van der Waals surface area contributed by atoms with Gasteiger partial charge in [-0.05, 0) is 32.8 Å². The van der Waals surface area contributed by atoms with Crippen LogP contribution < -0.4 is 16.4 Å². The number of imidazole rings is 1. The number of aryl methyl sites for hydroxylation is 1. The molecule has 0 spiro atoms. The van der Waals surface area contributed by atoms with Gasteiger partial charge in [-0.15, -0.1) is 11.6 Å². The molecule has 168 valence electrons. The number of carbonyl (C=O) groups is 1. The molecule has 4 rings (SSSR count). The fraction of sp³-hybridized carbons (Fsp3) is 0.400. The van der Waals surface area contributed by atoms with Crippen molar-refractivity contribution in [2.24, 2.45) is 0 Å². The van der Waals surface area contributed by atoms with Crippen molar-refractivity contribution in [2.75, 3.05) is 24.7 Å². The number of nitrogens with two attached hydrogens (primary N) is 1. The van der Waals surface area contributed by atoms with Crippen molar-refractivity contribution in [3.63, 3.8) is 0 Å². The molecule has 11 nitrogen and oxygen atoms in total. The second-order valence-electron chi connectivity index (χ2n) is 7.68. The second kappa shape index (κ2) is 8.58. The van der Waals surface area contributed by atoms with E-state index in [4.69, 9.17) is 22.3 Å². The molecule has 1 aliphatic carbocycles. The lowest BCUT2D eigenvalue weighted by Gasteiger charge is -2.14. The van der Waals surface area contributed by atoms with Gasteiger partial charge in [0.05, 0.1) is 30.4 Å². The average Bonchev–Trinajstić information content (AvgIpc) is 3.37. The Labute approximate surface area is 189 Å². The average molecular weight is 458 g/mol. The minimum Gasteiger partial charge on any atom is -0.453 e. The lowest BCUT2D eigenvalue weighted by molar-refractivity contribution is 0.168. The van der Waals surface area contributed by atoms with Crippen LogP contribution in [0.1, 0.15) is 31.3 Å². The summed E-state index contributed by atoms with van der Waals surface area (Å²) in [6.07, 6.45) is 4.41. The summed E-state index contributed by atoms with van der Waals surface area (Å²) in [4.78, 5) is 36.5. The summed E-state index contributed by atoms with van der Waals surface area (Å²) in [5.74, 6) is 1.43. The first-order valence-electron chi connectivity index (χ1n) is 10.1. The Morgan fingerprint density at radius 1 is 1.31 bits per heavy atom. The molecule has 1 saturated carbocycles.